The first kappa shape index (κ1) is 17.1. The van der Waals surface area contributed by atoms with E-state index in [-0.39, 0.29) is 6.03 Å². The summed E-state index contributed by atoms with van der Waals surface area (Å²) < 4.78 is 6.27. The molecule has 23 heavy (non-hydrogen) atoms. The third-order valence-electron chi connectivity index (χ3n) is 3.25. The van der Waals surface area contributed by atoms with Gasteiger partial charge in [-0.05, 0) is 35.8 Å². The van der Waals surface area contributed by atoms with Crippen LogP contribution in [-0.4, -0.2) is 19.7 Å². The molecular formula is C18H19BrN2O2. The first-order chi connectivity index (χ1) is 11.2. The molecule has 0 aliphatic rings. The Hall–Kier alpha value is -2.27. The molecule has 0 aliphatic carbocycles. The van der Waals surface area contributed by atoms with Gasteiger partial charge in [0.25, 0.3) is 0 Å². The fraction of sp³-hybridized carbons (Fsp3) is 0.167. The Morgan fingerprint density at radius 2 is 1.91 bits per heavy atom. The number of benzene rings is 2. The number of para-hydroxylation sites is 1. The molecule has 2 aromatic rings. The topological polar surface area (TPSA) is 50.4 Å². The Bertz CT molecular complexity index is 686. The van der Waals surface area contributed by atoms with Crippen LogP contribution in [-0.2, 0) is 6.42 Å². The molecule has 120 valence electrons. The van der Waals surface area contributed by atoms with E-state index in [2.05, 4.69) is 26.6 Å². The van der Waals surface area contributed by atoms with Crippen molar-refractivity contribution >= 4 is 28.0 Å². The van der Waals surface area contributed by atoms with Gasteiger partial charge in [-0.15, -0.1) is 0 Å². The van der Waals surface area contributed by atoms with E-state index in [0.717, 1.165) is 21.3 Å². The number of methoxy groups -OCH3 is 1. The maximum Gasteiger partial charge on any atom is 0.318 e. The van der Waals surface area contributed by atoms with Crippen molar-refractivity contribution in [2.45, 2.75) is 6.42 Å². The summed E-state index contributed by atoms with van der Waals surface area (Å²) in [4.78, 5) is 11.7. The van der Waals surface area contributed by atoms with E-state index >= 15 is 0 Å². The van der Waals surface area contributed by atoms with Gasteiger partial charge in [-0.25, -0.2) is 4.79 Å². The molecule has 4 nitrogen and oxygen atoms in total. The molecule has 0 aliphatic heterocycles. The van der Waals surface area contributed by atoms with Crippen molar-refractivity contribution in [2.75, 3.05) is 13.7 Å². The highest BCUT2D eigenvalue weighted by molar-refractivity contribution is 9.10. The Balaban J connectivity index is 1.76. The van der Waals surface area contributed by atoms with Crippen LogP contribution in [0.25, 0.3) is 6.08 Å². The van der Waals surface area contributed by atoms with Crippen molar-refractivity contribution in [1.29, 1.82) is 0 Å². The highest BCUT2D eigenvalue weighted by Gasteiger charge is 2.02. The van der Waals surface area contributed by atoms with Crippen LogP contribution in [0.4, 0.5) is 4.79 Å². The van der Waals surface area contributed by atoms with E-state index in [4.69, 9.17) is 4.74 Å². The van der Waals surface area contributed by atoms with Crippen LogP contribution in [0.5, 0.6) is 5.75 Å². The minimum atomic E-state index is -0.233. The Morgan fingerprint density at radius 1 is 1.17 bits per heavy atom. The SMILES string of the molecule is COc1ccccc1CCNC(=O)N/C=C/c1ccccc1Br. The third-order valence-corrected chi connectivity index (χ3v) is 3.98. The molecule has 2 amide bonds. The van der Waals surface area contributed by atoms with Gasteiger partial charge in [0.15, 0.2) is 0 Å². The van der Waals surface area contributed by atoms with Gasteiger partial charge in [-0.1, -0.05) is 52.3 Å². The van der Waals surface area contributed by atoms with E-state index in [1.807, 2.05) is 54.6 Å². The zero-order chi connectivity index (χ0) is 16.5. The summed E-state index contributed by atoms with van der Waals surface area (Å²) in [6.07, 6.45) is 4.17. The fourth-order valence-corrected chi connectivity index (χ4v) is 2.51. The van der Waals surface area contributed by atoms with E-state index in [1.165, 1.54) is 0 Å². The van der Waals surface area contributed by atoms with Gasteiger partial charge in [0.1, 0.15) is 5.75 Å². The standard InChI is InChI=1S/C18H19BrN2O2/c1-23-17-9-5-3-7-15(17)11-13-21-18(22)20-12-10-14-6-2-4-8-16(14)19/h2-10,12H,11,13H2,1H3,(H2,20,21,22)/b12-10+. The molecule has 0 atom stereocenters. The van der Waals surface area contributed by atoms with Crippen LogP contribution in [0.2, 0.25) is 0 Å². The van der Waals surface area contributed by atoms with Gasteiger partial charge in [-0.3, -0.25) is 0 Å². The molecule has 0 bridgehead atoms. The minimum absolute atomic E-state index is 0.233. The van der Waals surface area contributed by atoms with E-state index in [1.54, 1.807) is 13.3 Å². The van der Waals surface area contributed by atoms with Gasteiger partial charge in [0, 0.05) is 17.2 Å². The molecule has 5 heteroatoms. The predicted molar refractivity (Wildman–Crippen MR) is 96.4 cm³/mol. The van der Waals surface area contributed by atoms with Crippen molar-refractivity contribution in [3.63, 3.8) is 0 Å². The van der Waals surface area contributed by atoms with Gasteiger partial charge in [0.05, 0.1) is 7.11 Å². The van der Waals surface area contributed by atoms with E-state index in [0.29, 0.717) is 13.0 Å². The normalized spacial score (nSPS) is 10.5. The second kappa shape index (κ2) is 9.00. The molecule has 0 spiro atoms. The molecule has 0 heterocycles. The molecule has 0 radical (unpaired) electrons. The van der Waals surface area contributed by atoms with Crippen LogP contribution < -0.4 is 15.4 Å². The largest absolute Gasteiger partial charge is 0.496 e. The van der Waals surface area contributed by atoms with Gasteiger partial charge >= 0.3 is 6.03 Å². The number of nitrogens with one attached hydrogen (secondary N) is 2. The molecule has 0 aromatic heterocycles. The molecular weight excluding hydrogens is 356 g/mol. The fourth-order valence-electron chi connectivity index (χ4n) is 2.09. The third kappa shape index (κ3) is 5.45. The van der Waals surface area contributed by atoms with Gasteiger partial charge in [-0.2, -0.15) is 0 Å². The molecule has 0 saturated carbocycles. The summed E-state index contributed by atoms with van der Waals surface area (Å²) in [5.74, 6) is 0.837. The molecule has 0 unspecified atom stereocenters. The number of carbonyl (C=O) groups excluding carboxylic acids is 1. The van der Waals surface area contributed by atoms with Crippen molar-refractivity contribution in [3.05, 3.63) is 70.3 Å². The molecule has 2 rings (SSSR count). The summed E-state index contributed by atoms with van der Waals surface area (Å²) in [5, 5.41) is 5.51. The lowest BCUT2D eigenvalue weighted by atomic mass is 10.1. The lowest BCUT2D eigenvalue weighted by molar-refractivity contribution is 0.244. The highest BCUT2D eigenvalue weighted by Crippen LogP contribution is 2.17. The van der Waals surface area contributed by atoms with Crippen molar-refractivity contribution in [1.82, 2.24) is 10.6 Å². The zero-order valence-corrected chi connectivity index (χ0v) is 14.5. The maximum absolute atomic E-state index is 11.7. The van der Waals surface area contributed by atoms with Crippen LogP contribution in [0, 0.1) is 0 Å². The average Bonchev–Trinajstić information content (AvgIpc) is 2.57. The van der Waals surface area contributed by atoms with Crippen molar-refractivity contribution < 1.29 is 9.53 Å². The predicted octanol–water partition coefficient (Wildman–Crippen LogP) is 3.97. The zero-order valence-electron chi connectivity index (χ0n) is 12.9. The first-order valence-electron chi connectivity index (χ1n) is 7.28. The number of hydrogen-bond donors (Lipinski definition) is 2. The summed E-state index contributed by atoms with van der Waals surface area (Å²) in [6.45, 7) is 0.537. The van der Waals surface area contributed by atoms with Crippen LogP contribution in [0.3, 0.4) is 0 Å². The van der Waals surface area contributed by atoms with Gasteiger partial charge < -0.3 is 15.4 Å². The van der Waals surface area contributed by atoms with Crippen molar-refractivity contribution in [3.8, 4) is 5.75 Å². The highest BCUT2D eigenvalue weighted by atomic mass is 79.9. The second-order valence-corrected chi connectivity index (χ2v) is 5.67. The maximum atomic E-state index is 11.7. The molecule has 0 fully saturated rings. The summed E-state index contributed by atoms with van der Waals surface area (Å²) >= 11 is 3.45. The Kier molecular flexibility index (Phi) is 6.69. The lowest BCUT2D eigenvalue weighted by Crippen LogP contribution is -2.33. The van der Waals surface area contributed by atoms with Crippen LogP contribution >= 0.6 is 15.9 Å². The number of amides is 2. The van der Waals surface area contributed by atoms with Crippen LogP contribution in [0.15, 0.2) is 59.2 Å². The number of halogens is 1. The van der Waals surface area contributed by atoms with Crippen molar-refractivity contribution in [2.24, 2.45) is 0 Å². The monoisotopic (exact) mass is 374 g/mol. The van der Waals surface area contributed by atoms with Crippen LogP contribution in [0.1, 0.15) is 11.1 Å². The quantitative estimate of drug-likeness (QED) is 0.803. The number of ether oxygens (including phenoxy) is 1. The second-order valence-electron chi connectivity index (χ2n) is 4.82. The minimum Gasteiger partial charge on any atom is -0.496 e. The lowest BCUT2D eigenvalue weighted by Gasteiger charge is -2.08. The number of urea groups is 1. The summed E-state index contributed by atoms with van der Waals surface area (Å²) in [7, 11) is 1.64. The van der Waals surface area contributed by atoms with E-state index < -0.39 is 0 Å². The molecule has 0 saturated heterocycles. The Morgan fingerprint density at radius 3 is 2.70 bits per heavy atom. The number of carbonyl (C=O) groups is 1. The number of hydrogen-bond acceptors (Lipinski definition) is 2. The van der Waals surface area contributed by atoms with Gasteiger partial charge in [0.2, 0.25) is 0 Å². The first-order valence-corrected chi connectivity index (χ1v) is 8.07. The summed E-state index contributed by atoms with van der Waals surface area (Å²) in [6, 6.07) is 15.4. The number of rotatable bonds is 6. The Labute approximate surface area is 144 Å². The molecule has 2 N–H and O–H groups in total. The summed E-state index contributed by atoms with van der Waals surface area (Å²) in [5.41, 5.74) is 2.07. The average molecular weight is 375 g/mol. The smallest absolute Gasteiger partial charge is 0.318 e. The molecule has 2 aromatic carbocycles. The van der Waals surface area contributed by atoms with E-state index in [9.17, 15) is 4.79 Å².